The molecule has 64 heavy (non-hydrogen) atoms. The minimum atomic E-state index is -2.07. The fourth-order valence-electron chi connectivity index (χ4n) is 8.74. The van der Waals surface area contributed by atoms with E-state index < -0.39 is 93.8 Å². The molecule has 1 aromatic carbocycles. The number of ether oxygens (including phenoxy) is 7. The van der Waals surface area contributed by atoms with Gasteiger partial charge in [-0.3, -0.25) is 29.0 Å². The maximum atomic E-state index is 14.7. The van der Waals surface area contributed by atoms with Crippen LogP contribution in [-0.4, -0.2) is 121 Å². The number of rotatable bonds is 8. The number of fused-ring (bicyclic) bond motifs is 14. The molecule has 9 atom stereocenters. The summed E-state index contributed by atoms with van der Waals surface area (Å²) in [6.45, 7) is 22.9. The van der Waals surface area contributed by atoms with Crippen LogP contribution in [0, 0.1) is 30.6 Å². The van der Waals surface area contributed by atoms with Gasteiger partial charge in [-0.15, -0.1) is 0 Å². The first-order chi connectivity index (χ1) is 30.1. The number of morpholine rings is 1. The summed E-state index contributed by atoms with van der Waals surface area (Å²) >= 11 is 0. The highest BCUT2D eigenvalue weighted by Crippen LogP contribution is 2.48. The molecule has 2 N–H and O–H groups in total. The van der Waals surface area contributed by atoms with Gasteiger partial charge in [0, 0.05) is 55.8 Å². The van der Waals surface area contributed by atoms with Gasteiger partial charge < -0.3 is 43.6 Å². The van der Waals surface area contributed by atoms with Crippen LogP contribution in [0.15, 0.2) is 52.5 Å². The third-order valence-electron chi connectivity index (χ3n) is 12.1. The highest BCUT2D eigenvalue weighted by Gasteiger charge is 2.53. The summed E-state index contributed by atoms with van der Waals surface area (Å²) in [5.41, 5.74) is -1.66. The molecule has 4 heterocycles. The SMILES string of the molecule is CO[C@H]1/C=C/O[C@@]2(C)Oc3c(C)c(O)c4c(c3C2=O)C(=O)C(/C=N/N2CCOCC2)=C(NC(=O)/C(C)=C\C=C\[C@H](C)[C@H](OC(C)C)[C@@H](C)[C@@H](OC(C)C)[C@@H](C)[C@H](OC(C)=O)[C@@H]1C)C4=O. The second-order valence-electron chi connectivity index (χ2n) is 17.7. The van der Waals surface area contributed by atoms with E-state index in [1.807, 2.05) is 61.5 Å². The van der Waals surface area contributed by atoms with Crippen LogP contribution in [0.2, 0.25) is 0 Å². The quantitative estimate of drug-likeness (QED) is 0.222. The monoisotopic (exact) mass is 891 g/mol. The average molecular weight is 892 g/mol. The fraction of sp³-hybridized carbons (Fsp3) is 0.583. The second-order valence-corrected chi connectivity index (χ2v) is 17.7. The maximum Gasteiger partial charge on any atom is 0.312 e. The Bertz CT molecular complexity index is 2130. The number of benzene rings is 1. The van der Waals surface area contributed by atoms with Crippen LogP contribution >= 0.6 is 0 Å². The Morgan fingerprint density at radius 3 is 2.14 bits per heavy atom. The molecule has 1 amide bonds. The number of Topliss-reactive ketones (excluding diaryl/α,β-unsaturated/α-hetero) is 3. The lowest BCUT2D eigenvalue weighted by molar-refractivity contribution is -0.170. The Hall–Kier alpha value is -5.16. The maximum absolute atomic E-state index is 14.7. The molecule has 6 rings (SSSR count). The molecule has 0 spiro atoms. The second kappa shape index (κ2) is 20.8. The molecule has 5 aliphatic rings. The van der Waals surface area contributed by atoms with Crippen molar-refractivity contribution in [2.24, 2.45) is 28.8 Å². The Labute approximate surface area is 376 Å². The zero-order chi connectivity index (χ0) is 47.4. The number of carbonyl (C=O) groups excluding carboxylic acids is 5. The number of phenols is 1. The van der Waals surface area contributed by atoms with E-state index in [1.165, 1.54) is 40.4 Å². The number of ketones is 3. The van der Waals surface area contributed by atoms with Crippen molar-refractivity contribution in [3.63, 3.8) is 0 Å². The average Bonchev–Trinajstić information content (AvgIpc) is 3.50. The van der Waals surface area contributed by atoms with Gasteiger partial charge in [0.25, 0.3) is 11.7 Å². The van der Waals surface area contributed by atoms with Crippen molar-refractivity contribution in [2.75, 3.05) is 33.4 Å². The number of allylic oxidation sites excluding steroid dienone is 4. The van der Waals surface area contributed by atoms with Gasteiger partial charge in [0.15, 0.2) is 5.78 Å². The van der Waals surface area contributed by atoms with Gasteiger partial charge in [-0.05, 0) is 47.6 Å². The number of hydrazone groups is 1. The van der Waals surface area contributed by atoms with Gasteiger partial charge in [-0.25, -0.2) is 0 Å². The van der Waals surface area contributed by atoms with E-state index in [0.29, 0.717) is 26.3 Å². The van der Waals surface area contributed by atoms with Crippen LogP contribution in [-0.2, 0) is 38.0 Å². The lowest BCUT2D eigenvalue weighted by Gasteiger charge is -2.42. The van der Waals surface area contributed by atoms with Crippen LogP contribution in [0.1, 0.15) is 113 Å². The number of amides is 1. The molecule has 5 bridgehead atoms. The number of hydrogen-bond acceptors (Lipinski definition) is 15. The van der Waals surface area contributed by atoms with E-state index in [9.17, 15) is 29.1 Å². The van der Waals surface area contributed by atoms with E-state index in [1.54, 1.807) is 30.2 Å². The summed E-state index contributed by atoms with van der Waals surface area (Å²) < 4.78 is 42.9. The number of carbonyl (C=O) groups is 5. The molecular formula is C48H65N3O13. The summed E-state index contributed by atoms with van der Waals surface area (Å²) in [5, 5.41) is 20.3. The van der Waals surface area contributed by atoms with E-state index in [4.69, 9.17) is 33.2 Å². The molecule has 350 valence electrons. The van der Waals surface area contributed by atoms with E-state index in [2.05, 4.69) is 10.4 Å². The number of hydrogen-bond donors (Lipinski definition) is 2. The lowest BCUT2D eigenvalue weighted by Crippen LogP contribution is -2.49. The minimum Gasteiger partial charge on any atom is -0.507 e. The number of methoxy groups -OCH3 is 1. The number of aromatic hydroxyl groups is 1. The van der Waals surface area contributed by atoms with Crippen molar-refractivity contribution in [2.45, 2.75) is 125 Å². The number of phenolic OH excluding ortho intramolecular Hbond substituents is 1. The number of nitrogens with one attached hydrogen (secondary N) is 1. The largest absolute Gasteiger partial charge is 0.507 e. The Balaban J connectivity index is 1.70. The van der Waals surface area contributed by atoms with Crippen LogP contribution in [0.5, 0.6) is 11.5 Å². The van der Waals surface area contributed by atoms with Crippen molar-refractivity contribution in [1.29, 1.82) is 0 Å². The molecule has 0 aromatic heterocycles. The predicted molar refractivity (Wildman–Crippen MR) is 237 cm³/mol. The highest BCUT2D eigenvalue weighted by molar-refractivity contribution is 6.37. The number of esters is 1. The summed E-state index contributed by atoms with van der Waals surface area (Å²) in [7, 11) is 1.50. The smallest absolute Gasteiger partial charge is 0.312 e. The first kappa shape index (κ1) is 49.8. The molecule has 1 aliphatic carbocycles. The standard InChI is InChI=1S/C48H65N3O13/c1-24(2)61-42-26(5)15-14-16-27(6)47(57)50-38-33(23-49-51-18-21-59-22-19-51)40(54)35-36(41(38)55)39(53)29(8)45-37(35)46(56)48(12,64-45)60-20-17-34(58-13)28(7)43(63-32(11)52)31(10)44(30(42)9)62-25(3)4/h14-17,20,23-26,28,30-31,34,42-44,53H,18-19,21-22H2,1-13H3,(H,50,57)/b15-14+,20-17+,27-16-,49-23+/t26-,28+,30+,31-,34-,42-,43+,44+,48-/m0/s1. The molecule has 16 nitrogen and oxygen atoms in total. The van der Waals surface area contributed by atoms with E-state index in [-0.39, 0.29) is 52.1 Å². The molecule has 0 radical (unpaired) electrons. The van der Waals surface area contributed by atoms with E-state index >= 15 is 0 Å². The Morgan fingerprint density at radius 2 is 1.53 bits per heavy atom. The Kier molecular flexibility index (Phi) is 16.2. The molecule has 4 aliphatic heterocycles. The van der Waals surface area contributed by atoms with Crippen molar-refractivity contribution in [3.8, 4) is 11.5 Å². The fourth-order valence-corrected chi connectivity index (χ4v) is 8.74. The summed E-state index contributed by atoms with van der Waals surface area (Å²) in [6.07, 6.45) is 6.45. The third-order valence-corrected chi connectivity index (χ3v) is 12.1. The molecule has 0 saturated carbocycles. The van der Waals surface area contributed by atoms with E-state index in [0.717, 1.165) is 0 Å². The van der Waals surface area contributed by atoms with Gasteiger partial charge in [-0.1, -0.05) is 45.9 Å². The van der Waals surface area contributed by atoms with Gasteiger partial charge in [0.1, 0.15) is 23.3 Å². The number of nitrogens with zero attached hydrogens (tertiary/aromatic N) is 2. The first-order valence-corrected chi connectivity index (χ1v) is 22.0. The summed E-state index contributed by atoms with van der Waals surface area (Å²) in [6, 6.07) is 0. The lowest BCUT2D eigenvalue weighted by atomic mass is 9.78. The zero-order valence-electron chi connectivity index (χ0n) is 39.3. The van der Waals surface area contributed by atoms with Crippen LogP contribution in [0.3, 0.4) is 0 Å². The first-order valence-electron chi connectivity index (χ1n) is 22.0. The molecule has 16 heteroatoms. The molecule has 1 fully saturated rings. The molecule has 1 saturated heterocycles. The zero-order valence-corrected chi connectivity index (χ0v) is 39.3. The molecular weight excluding hydrogens is 827 g/mol. The van der Waals surface area contributed by atoms with Crippen molar-refractivity contribution in [3.05, 3.63) is 69.7 Å². The normalized spacial score (nSPS) is 31.5. The third kappa shape index (κ3) is 10.5. The topological polar surface area (TPSA) is 198 Å². The predicted octanol–water partition coefficient (Wildman–Crippen LogP) is 6.18. The van der Waals surface area contributed by atoms with Gasteiger partial charge in [0.05, 0.1) is 91.6 Å². The van der Waals surface area contributed by atoms with Crippen LogP contribution in [0.4, 0.5) is 0 Å². The minimum absolute atomic E-state index is 0.00488. The summed E-state index contributed by atoms with van der Waals surface area (Å²) in [4.78, 5) is 70.5. The van der Waals surface area contributed by atoms with Gasteiger partial charge >= 0.3 is 11.8 Å². The van der Waals surface area contributed by atoms with Crippen LogP contribution in [0.25, 0.3) is 0 Å². The van der Waals surface area contributed by atoms with Crippen molar-refractivity contribution >= 4 is 35.4 Å². The van der Waals surface area contributed by atoms with Gasteiger partial charge in [0.2, 0.25) is 5.78 Å². The van der Waals surface area contributed by atoms with Crippen molar-refractivity contribution in [1.82, 2.24) is 10.3 Å². The van der Waals surface area contributed by atoms with Crippen molar-refractivity contribution < 1.29 is 62.2 Å². The van der Waals surface area contributed by atoms with Crippen LogP contribution < -0.4 is 10.1 Å². The molecule has 1 aromatic rings. The summed E-state index contributed by atoms with van der Waals surface area (Å²) in [5.74, 6) is -7.96. The molecule has 0 unspecified atom stereocenters. The highest BCUT2D eigenvalue weighted by atomic mass is 16.7. The van der Waals surface area contributed by atoms with Gasteiger partial charge in [-0.2, -0.15) is 5.10 Å². The Morgan fingerprint density at radius 1 is 0.906 bits per heavy atom.